The molecular weight excluding hydrogens is 377 g/mol. The molecule has 0 bridgehead atoms. The number of halogens is 1. The topological polar surface area (TPSA) is 114 Å². The molecule has 0 unspecified atom stereocenters. The fourth-order valence-electron chi connectivity index (χ4n) is 2.05. The van der Waals surface area contributed by atoms with Gasteiger partial charge in [-0.1, -0.05) is 12.1 Å². The first-order valence-corrected chi connectivity index (χ1v) is 9.24. The smallest absolute Gasteiger partial charge is 0.269 e. The van der Waals surface area contributed by atoms with Gasteiger partial charge in [0.15, 0.2) is 0 Å². The average molecular weight is 395 g/mol. The second-order valence-corrected chi connectivity index (χ2v) is 7.13. The van der Waals surface area contributed by atoms with Gasteiger partial charge in [0.05, 0.1) is 13.2 Å². The lowest BCUT2D eigenvalue weighted by Crippen LogP contribution is -2.51. The largest absolute Gasteiger partial charge is 0.497 e. The lowest BCUT2D eigenvalue weighted by atomic mass is 10.2. The molecule has 0 aromatic heterocycles. The molecule has 10 heteroatoms. The Morgan fingerprint density at radius 3 is 2.26 bits per heavy atom. The van der Waals surface area contributed by atoms with Crippen molar-refractivity contribution in [2.75, 3.05) is 7.11 Å². The number of rotatable bonds is 6. The summed E-state index contributed by atoms with van der Waals surface area (Å²) in [6.45, 7) is 1.26. The van der Waals surface area contributed by atoms with Gasteiger partial charge in [-0.15, -0.1) is 0 Å². The Morgan fingerprint density at radius 1 is 1.04 bits per heavy atom. The van der Waals surface area contributed by atoms with Crippen LogP contribution in [0.15, 0.2) is 53.4 Å². The van der Waals surface area contributed by atoms with Crippen molar-refractivity contribution >= 4 is 21.8 Å². The van der Waals surface area contributed by atoms with E-state index in [0.29, 0.717) is 5.75 Å². The van der Waals surface area contributed by atoms with Gasteiger partial charge >= 0.3 is 0 Å². The van der Waals surface area contributed by atoms with Crippen LogP contribution in [0.3, 0.4) is 0 Å². The zero-order valence-electron chi connectivity index (χ0n) is 14.5. The van der Waals surface area contributed by atoms with E-state index in [-0.39, 0.29) is 5.56 Å². The van der Waals surface area contributed by atoms with Crippen LogP contribution in [0.2, 0.25) is 0 Å². The molecule has 0 aliphatic carbocycles. The molecule has 0 aliphatic heterocycles. The maximum Gasteiger partial charge on any atom is 0.269 e. The highest BCUT2D eigenvalue weighted by molar-refractivity contribution is 7.89. The van der Waals surface area contributed by atoms with Crippen LogP contribution in [0.25, 0.3) is 0 Å². The van der Waals surface area contributed by atoms with Gasteiger partial charge in [-0.3, -0.25) is 20.4 Å². The maximum absolute atomic E-state index is 13.6. The average Bonchev–Trinajstić information content (AvgIpc) is 2.65. The minimum absolute atomic E-state index is 0.260. The van der Waals surface area contributed by atoms with E-state index < -0.39 is 38.6 Å². The van der Waals surface area contributed by atoms with E-state index >= 15 is 0 Å². The van der Waals surface area contributed by atoms with E-state index in [1.165, 1.54) is 38.3 Å². The van der Waals surface area contributed by atoms with Crippen LogP contribution in [0, 0.1) is 5.82 Å². The summed E-state index contributed by atoms with van der Waals surface area (Å²) >= 11 is 0. The van der Waals surface area contributed by atoms with Crippen LogP contribution in [0.1, 0.15) is 17.3 Å². The highest BCUT2D eigenvalue weighted by atomic mass is 32.2. The van der Waals surface area contributed by atoms with Gasteiger partial charge in [0.2, 0.25) is 10.0 Å². The molecule has 3 N–H and O–H groups in total. The van der Waals surface area contributed by atoms with E-state index in [1.54, 1.807) is 12.1 Å². The fourth-order valence-corrected chi connectivity index (χ4v) is 3.34. The Balaban J connectivity index is 1.95. The van der Waals surface area contributed by atoms with Gasteiger partial charge in [-0.05, 0) is 43.3 Å². The standard InChI is InChI=1S/C17H18FN3O5S/c1-11(21-27(24,25)15-6-4-3-5-14(15)18)16(22)19-20-17(23)12-7-9-13(26-2)10-8-12/h3-11,21H,1-2H3,(H,19,22)(H,20,23)/t11-/m0/s1. The van der Waals surface area contributed by atoms with Crippen LogP contribution in [-0.4, -0.2) is 33.4 Å². The van der Waals surface area contributed by atoms with Gasteiger partial charge in [-0.25, -0.2) is 12.8 Å². The summed E-state index contributed by atoms with van der Waals surface area (Å²) in [6.07, 6.45) is 0. The zero-order valence-corrected chi connectivity index (χ0v) is 15.3. The molecule has 0 fully saturated rings. The van der Waals surface area contributed by atoms with Gasteiger partial charge in [-0.2, -0.15) is 4.72 Å². The molecule has 2 rings (SSSR count). The highest BCUT2D eigenvalue weighted by Crippen LogP contribution is 2.13. The summed E-state index contributed by atoms with van der Waals surface area (Å²) < 4.78 is 45.0. The summed E-state index contributed by atoms with van der Waals surface area (Å²) in [4.78, 5) is 23.4. The van der Waals surface area contributed by atoms with E-state index in [9.17, 15) is 22.4 Å². The van der Waals surface area contributed by atoms with Gasteiger partial charge in [0, 0.05) is 5.56 Å². The molecule has 144 valence electrons. The Bertz CT molecular complexity index is 932. The minimum Gasteiger partial charge on any atom is -0.497 e. The van der Waals surface area contributed by atoms with Crippen molar-refractivity contribution in [1.29, 1.82) is 0 Å². The van der Waals surface area contributed by atoms with Crippen LogP contribution in [0.5, 0.6) is 5.75 Å². The number of carbonyl (C=O) groups is 2. The summed E-state index contributed by atoms with van der Waals surface area (Å²) in [5.74, 6) is -1.80. The molecule has 2 aromatic rings. The molecule has 0 spiro atoms. The number of amides is 2. The molecule has 1 atom stereocenters. The normalized spacial score (nSPS) is 12.1. The molecule has 2 amide bonds. The van der Waals surface area contributed by atoms with Crippen LogP contribution in [-0.2, 0) is 14.8 Å². The second-order valence-electron chi connectivity index (χ2n) is 5.45. The molecular formula is C17H18FN3O5S. The molecule has 0 heterocycles. The first-order valence-electron chi connectivity index (χ1n) is 7.75. The number of hydrogen-bond acceptors (Lipinski definition) is 5. The van der Waals surface area contributed by atoms with E-state index in [2.05, 4.69) is 10.9 Å². The van der Waals surface area contributed by atoms with Crippen molar-refractivity contribution in [3.05, 3.63) is 59.9 Å². The summed E-state index contributed by atoms with van der Waals surface area (Å²) in [7, 11) is -2.76. The van der Waals surface area contributed by atoms with Crippen molar-refractivity contribution in [2.24, 2.45) is 0 Å². The van der Waals surface area contributed by atoms with E-state index in [4.69, 9.17) is 4.74 Å². The number of carbonyl (C=O) groups excluding carboxylic acids is 2. The van der Waals surface area contributed by atoms with E-state index in [1.807, 2.05) is 4.72 Å². The number of ether oxygens (including phenoxy) is 1. The Morgan fingerprint density at radius 2 is 1.67 bits per heavy atom. The third-order valence-corrected chi connectivity index (χ3v) is 5.08. The number of hydrazine groups is 1. The lowest BCUT2D eigenvalue weighted by molar-refractivity contribution is -0.123. The molecule has 0 saturated heterocycles. The maximum atomic E-state index is 13.6. The van der Waals surface area contributed by atoms with Crippen LogP contribution in [0.4, 0.5) is 4.39 Å². The van der Waals surface area contributed by atoms with E-state index in [0.717, 1.165) is 12.1 Å². The van der Waals surface area contributed by atoms with Crippen molar-refractivity contribution in [2.45, 2.75) is 17.9 Å². The second kappa shape index (κ2) is 8.60. The SMILES string of the molecule is COc1ccc(C(=O)NNC(=O)[C@H](C)NS(=O)(=O)c2ccccc2F)cc1. The van der Waals surface area contributed by atoms with Crippen molar-refractivity contribution in [1.82, 2.24) is 15.6 Å². The first-order chi connectivity index (χ1) is 12.7. The number of methoxy groups -OCH3 is 1. The predicted molar refractivity (Wildman–Crippen MR) is 94.8 cm³/mol. The quantitative estimate of drug-likeness (QED) is 0.631. The van der Waals surface area contributed by atoms with Gasteiger partial charge < -0.3 is 4.74 Å². The summed E-state index contributed by atoms with van der Waals surface area (Å²) in [5, 5.41) is 0. The third kappa shape index (κ3) is 5.25. The Kier molecular flexibility index (Phi) is 6.48. The molecule has 0 radical (unpaired) electrons. The number of benzene rings is 2. The highest BCUT2D eigenvalue weighted by Gasteiger charge is 2.24. The number of nitrogens with one attached hydrogen (secondary N) is 3. The van der Waals surface area contributed by atoms with Crippen molar-refractivity contribution < 1.29 is 27.1 Å². The molecule has 0 saturated carbocycles. The fraction of sp³-hybridized carbons (Fsp3) is 0.176. The van der Waals surface area contributed by atoms with Gasteiger partial charge in [0.25, 0.3) is 11.8 Å². The van der Waals surface area contributed by atoms with Crippen LogP contribution < -0.4 is 20.3 Å². The Labute approximate surface area is 155 Å². The summed E-state index contributed by atoms with van der Waals surface area (Å²) in [5.41, 5.74) is 4.53. The number of hydrogen-bond donors (Lipinski definition) is 3. The zero-order chi connectivity index (χ0) is 20.0. The lowest BCUT2D eigenvalue weighted by Gasteiger charge is -2.15. The van der Waals surface area contributed by atoms with Crippen molar-refractivity contribution in [3.8, 4) is 5.75 Å². The minimum atomic E-state index is -4.25. The molecule has 2 aromatic carbocycles. The van der Waals surface area contributed by atoms with Crippen molar-refractivity contribution in [3.63, 3.8) is 0 Å². The molecule has 27 heavy (non-hydrogen) atoms. The molecule has 0 aliphatic rings. The predicted octanol–water partition coefficient (Wildman–Crippen LogP) is 0.962. The summed E-state index contributed by atoms with van der Waals surface area (Å²) in [6, 6.07) is 9.64. The monoisotopic (exact) mass is 395 g/mol. The van der Waals surface area contributed by atoms with Gasteiger partial charge in [0.1, 0.15) is 16.5 Å². The Hall–Kier alpha value is -2.98. The van der Waals surface area contributed by atoms with Crippen LogP contribution >= 0.6 is 0 Å². The molecule has 8 nitrogen and oxygen atoms in total. The number of sulfonamides is 1. The first kappa shape index (κ1) is 20.3. The third-order valence-electron chi connectivity index (χ3n) is 3.50.